The molecule has 5 nitrogen and oxygen atoms in total. The van der Waals surface area contributed by atoms with Crippen molar-refractivity contribution in [3.8, 4) is 0 Å². The SMILES string of the molecule is CCCCNC(=O)c1coc(CNC)n1. The minimum Gasteiger partial charge on any atom is -0.447 e. The highest BCUT2D eigenvalue weighted by Gasteiger charge is 2.10. The van der Waals surface area contributed by atoms with Gasteiger partial charge in [0, 0.05) is 6.54 Å². The second-order valence-corrected chi connectivity index (χ2v) is 3.27. The molecule has 1 heterocycles. The average molecular weight is 211 g/mol. The Morgan fingerprint density at radius 1 is 1.60 bits per heavy atom. The second-order valence-electron chi connectivity index (χ2n) is 3.27. The zero-order chi connectivity index (χ0) is 11.1. The van der Waals surface area contributed by atoms with Crippen molar-refractivity contribution in [2.75, 3.05) is 13.6 Å². The Bertz CT molecular complexity index is 309. The first kappa shape index (κ1) is 11.7. The average Bonchev–Trinajstić information content (AvgIpc) is 2.67. The number of rotatable bonds is 6. The van der Waals surface area contributed by atoms with E-state index in [2.05, 4.69) is 22.5 Å². The Labute approximate surface area is 89.3 Å². The molecule has 0 radical (unpaired) electrons. The summed E-state index contributed by atoms with van der Waals surface area (Å²) >= 11 is 0. The second kappa shape index (κ2) is 6.19. The summed E-state index contributed by atoms with van der Waals surface area (Å²) in [5, 5.41) is 5.67. The number of oxazole rings is 1. The predicted octanol–water partition coefficient (Wildman–Crippen LogP) is 0.924. The number of unbranched alkanes of at least 4 members (excludes halogenated alkanes) is 1. The first-order chi connectivity index (χ1) is 7.27. The first-order valence-corrected chi connectivity index (χ1v) is 5.15. The van der Waals surface area contributed by atoms with Gasteiger partial charge in [-0.05, 0) is 13.5 Å². The molecule has 1 amide bonds. The maximum absolute atomic E-state index is 11.5. The van der Waals surface area contributed by atoms with Crippen LogP contribution >= 0.6 is 0 Å². The van der Waals surface area contributed by atoms with Crippen LogP contribution in [0.25, 0.3) is 0 Å². The lowest BCUT2D eigenvalue weighted by Crippen LogP contribution is -2.24. The van der Waals surface area contributed by atoms with Gasteiger partial charge in [-0.3, -0.25) is 4.79 Å². The maximum Gasteiger partial charge on any atom is 0.273 e. The van der Waals surface area contributed by atoms with Gasteiger partial charge in [-0.25, -0.2) is 4.98 Å². The number of hydrogen-bond donors (Lipinski definition) is 2. The van der Waals surface area contributed by atoms with Gasteiger partial charge >= 0.3 is 0 Å². The third-order valence-corrected chi connectivity index (χ3v) is 1.93. The zero-order valence-corrected chi connectivity index (χ0v) is 9.17. The smallest absolute Gasteiger partial charge is 0.273 e. The van der Waals surface area contributed by atoms with E-state index < -0.39 is 0 Å². The van der Waals surface area contributed by atoms with Crippen LogP contribution in [0, 0.1) is 0 Å². The molecule has 1 rings (SSSR count). The zero-order valence-electron chi connectivity index (χ0n) is 9.17. The molecule has 5 heteroatoms. The predicted molar refractivity (Wildman–Crippen MR) is 56.5 cm³/mol. The van der Waals surface area contributed by atoms with Gasteiger partial charge in [0.25, 0.3) is 5.91 Å². The monoisotopic (exact) mass is 211 g/mol. The Morgan fingerprint density at radius 3 is 3.07 bits per heavy atom. The molecular formula is C10H17N3O2. The summed E-state index contributed by atoms with van der Waals surface area (Å²) in [5.74, 6) is 0.354. The minimum absolute atomic E-state index is 0.172. The Kier molecular flexibility index (Phi) is 4.83. The highest BCUT2D eigenvalue weighted by atomic mass is 16.3. The Balaban J connectivity index is 2.43. The molecule has 0 aliphatic rings. The molecule has 0 saturated carbocycles. The van der Waals surface area contributed by atoms with Gasteiger partial charge in [-0.1, -0.05) is 13.3 Å². The molecule has 0 bridgehead atoms. The van der Waals surface area contributed by atoms with Crippen LogP contribution in [0.1, 0.15) is 36.1 Å². The quantitative estimate of drug-likeness (QED) is 0.687. The molecule has 0 aliphatic heterocycles. The largest absolute Gasteiger partial charge is 0.447 e. The molecule has 15 heavy (non-hydrogen) atoms. The van der Waals surface area contributed by atoms with Gasteiger partial charge < -0.3 is 15.1 Å². The molecule has 0 fully saturated rings. The molecule has 0 aromatic carbocycles. The molecule has 0 aliphatic carbocycles. The van der Waals surface area contributed by atoms with Crippen LogP contribution in [0.4, 0.5) is 0 Å². The van der Waals surface area contributed by atoms with Gasteiger partial charge in [0.2, 0.25) is 5.89 Å². The number of amides is 1. The summed E-state index contributed by atoms with van der Waals surface area (Å²) < 4.78 is 5.10. The van der Waals surface area contributed by atoms with E-state index in [9.17, 15) is 4.79 Å². The van der Waals surface area contributed by atoms with Crippen LogP contribution in [-0.4, -0.2) is 24.5 Å². The molecule has 1 aromatic heterocycles. The van der Waals surface area contributed by atoms with Crippen LogP contribution < -0.4 is 10.6 Å². The van der Waals surface area contributed by atoms with Crippen molar-refractivity contribution in [2.24, 2.45) is 0 Å². The number of carbonyl (C=O) groups excluding carboxylic acids is 1. The van der Waals surface area contributed by atoms with Gasteiger partial charge in [0.1, 0.15) is 6.26 Å². The van der Waals surface area contributed by atoms with Crippen molar-refractivity contribution in [2.45, 2.75) is 26.3 Å². The van der Waals surface area contributed by atoms with E-state index in [1.54, 1.807) is 7.05 Å². The van der Waals surface area contributed by atoms with Gasteiger partial charge in [0.15, 0.2) is 5.69 Å². The lowest BCUT2D eigenvalue weighted by molar-refractivity contribution is 0.0948. The maximum atomic E-state index is 11.5. The fourth-order valence-corrected chi connectivity index (χ4v) is 1.12. The number of carbonyl (C=O) groups is 1. The highest BCUT2D eigenvalue weighted by molar-refractivity contribution is 5.91. The van der Waals surface area contributed by atoms with Crippen molar-refractivity contribution < 1.29 is 9.21 Å². The van der Waals surface area contributed by atoms with Gasteiger partial charge in [-0.2, -0.15) is 0 Å². The minimum atomic E-state index is -0.172. The van der Waals surface area contributed by atoms with E-state index >= 15 is 0 Å². The number of nitrogens with zero attached hydrogens (tertiary/aromatic N) is 1. The summed E-state index contributed by atoms with van der Waals surface area (Å²) in [6, 6.07) is 0. The van der Waals surface area contributed by atoms with Crippen molar-refractivity contribution in [1.82, 2.24) is 15.6 Å². The van der Waals surface area contributed by atoms with E-state index in [1.807, 2.05) is 0 Å². The standard InChI is InChI=1S/C10H17N3O2/c1-3-4-5-12-10(14)8-7-15-9(13-8)6-11-2/h7,11H,3-6H2,1-2H3,(H,12,14). The normalized spacial score (nSPS) is 10.3. The van der Waals surface area contributed by atoms with Crippen LogP contribution in [0.3, 0.4) is 0 Å². The fourth-order valence-electron chi connectivity index (χ4n) is 1.12. The lowest BCUT2D eigenvalue weighted by atomic mass is 10.3. The molecule has 0 saturated heterocycles. The topological polar surface area (TPSA) is 67.2 Å². The Morgan fingerprint density at radius 2 is 2.40 bits per heavy atom. The van der Waals surface area contributed by atoms with Gasteiger partial charge in [0.05, 0.1) is 6.54 Å². The summed E-state index contributed by atoms with van der Waals surface area (Å²) in [4.78, 5) is 15.5. The van der Waals surface area contributed by atoms with E-state index in [0.717, 1.165) is 12.8 Å². The van der Waals surface area contributed by atoms with E-state index in [-0.39, 0.29) is 5.91 Å². The molecule has 0 atom stereocenters. The summed E-state index contributed by atoms with van der Waals surface area (Å²) in [6.07, 6.45) is 3.42. The number of hydrogen-bond acceptors (Lipinski definition) is 4. The third kappa shape index (κ3) is 3.71. The molecule has 84 valence electrons. The number of aromatic nitrogens is 1. The van der Waals surface area contributed by atoms with Crippen LogP contribution in [0.2, 0.25) is 0 Å². The lowest BCUT2D eigenvalue weighted by Gasteiger charge is -1.99. The fraction of sp³-hybridized carbons (Fsp3) is 0.600. The van der Waals surface area contributed by atoms with Crippen molar-refractivity contribution in [1.29, 1.82) is 0 Å². The highest BCUT2D eigenvalue weighted by Crippen LogP contribution is 2.01. The van der Waals surface area contributed by atoms with Gasteiger partial charge in [-0.15, -0.1) is 0 Å². The first-order valence-electron chi connectivity index (χ1n) is 5.15. The summed E-state index contributed by atoms with van der Waals surface area (Å²) in [7, 11) is 1.80. The molecule has 0 unspecified atom stereocenters. The third-order valence-electron chi connectivity index (χ3n) is 1.93. The van der Waals surface area contributed by atoms with Crippen LogP contribution in [0.5, 0.6) is 0 Å². The van der Waals surface area contributed by atoms with Crippen molar-refractivity contribution in [3.63, 3.8) is 0 Å². The molecule has 2 N–H and O–H groups in total. The van der Waals surface area contributed by atoms with E-state index in [1.165, 1.54) is 6.26 Å². The summed E-state index contributed by atoms with van der Waals surface area (Å²) in [5.41, 5.74) is 0.344. The van der Waals surface area contributed by atoms with E-state index in [4.69, 9.17) is 4.42 Å². The molecule has 1 aromatic rings. The molecular weight excluding hydrogens is 194 g/mol. The van der Waals surface area contributed by atoms with Crippen LogP contribution in [-0.2, 0) is 6.54 Å². The van der Waals surface area contributed by atoms with Crippen molar-refractivity contribution in [3.05, 3.63) is 17.8 Å². The Hall–Kier alpha value is -1.36. The van der Waals surface area contributed by atoms with Crippen molar-refractivity contribution >= 4 is 5.91 Å². The van der Waals surface area contributed by atoms with E-state index in [0.29, 0.717) is 24.7 Å². The number of nitrogens with one attached hydrogen (secondary N) is 2. The molecule has 0 spiro atoms. The van der Waals surface area contributed by atoms with Crippen LogP contribution in [0.15, 0.2) is 10.7 Å². The summed E-state index contributed by atoms with van der Waals surface area (Å²) in [6.45, 7) is 3.29.